The molecule has 20 heavy (non-hydrogen) atoms. The fourth-order valence-electron chi connectivity index (χ4n) is 2.19. The first-order chi connectivity index (χ1) is 9.69. The van der Waals surface area contributed by atoms with Crippen LogP contribution in [0.15, 0.2) is 41.1 Å². The molecule has 1 aromatic carbocycles. The molecule has 2 rings (SSSR count). The molecule has 0 bridgehead atoms. The van der Waals surface area contributed by atoms with Crippen molar-refractivity contribution >= 4 is 22.7 Å². The van der Waals surface area contributed by atoms with Gasteiger partial charge in [-0.15, -0.1) is 0 Å². The van der Waals surface area contributed by atoms with Crippen LogP contribution in [0.25, 0.3) is 0 Å². The van der Waals surface area contributed by atoms with Crippen LogP contribution in [0.1, 0.15) is 12.5 Å². The summed E-state index contributed by atoms with van der Waals surface area (Å²) in [7, 11) is 1.98. The summed E-state index contributed by atoms with van der Waals surface area (Å²) >= 11 is 1.74. The molecule has 2 N–H and O–H groups in total. The molecule has 0 aliphatic carbocycles. The van der Waals surface area contributed by atoms with Crippen molar-refractivity contribution in [2.24, 2.45) is 0 Å². The molecule has 1 aromatic heterocycles. The standard InChI is InChI=1S/C16H22N2OS/c1-13(11-14-7-10-20-12-14)17-15-3-5-16(6-4-15)18(2)8-9-19/h3-7,10,12-13,17,19H,8-9,11H2,1-2H3. The van der Waals surface area contributed by atoms with Crippen LogP contribution < -0.4 is 10.2 Å². The number of aliphatic hydroxyl groups excluding tert-OH is 1. The van der Waals surface area contributed by atoms with E-state index < -0.39 is 0 Å². The van der Waals surface area contributed by atoms with E-state index in [1.807, 2.05) is 11.9 Å². The van der Waals surface area contributed by atoms with Crippen molar-refractivity contribution in [3.05, 3.63) is 46.7 Å². The topological polar surface area (TPSA) is 35.5 Å². The number of rotatable bonds is 7. The van der Waals surface area contributed by atoms with E-state index in [9.17, 15) is 0 Å². The smallest absolute Gasteiger partial charge is 0.0606 e. The zero-order chi connectivity index (χ0) is 14.4. The largest absolute Gasteiger partial charge is 0.395 e. The molecule has 0 aliphatic rings. The summed E-state index contributed by atoms with van der Waals surface area (Å²) in [6.45, 7) is 3.03. The molecule has 0 saturated carbocycles. The number of nitrogens with one attached hydrogen (secondary N) is 1. The summed E-state index contributed by atoms with van der Waals surface area (Å²) in [4.78, 5) is 2.04. The third kappa shape index (κ3) is 4.25. The molecule has 0 saturated heterocycles. The molecule has 1 heterocycles. The molecule has 0 aliphatic heterocycles. The van der Waals surface area contributed by atoms with Crippen LogP contribution in [-0.4, -0.2) is 31.3 Å². The van der Waals surface area contributed by atoms with Gasteiger partial charge in [0.1, 0.15) is 0 Å². The van der Waals surface area contributed by atoms with Gasteiger partial charge in [0.05, 0.1) is 6.61 Å². The van der Waals surface area contributed by atoms with Gasteiger partial charge < -0.3 is 15.3 Å². The number of nitrogens with zero attached hydrogens (tertiary/aromatic N) is 1. The summed E-state index contributed by atoms with van der Waals surface area (Å²) in [5.74, 6) is 0. The van der Waals surface area contributed by atoms with Crippen molar-refractivity contribution in [1.29, 1.82) is 0 Å². The molecule has 1 unspecified atom stereocenters. The van der Waals surface area contributed by atoms with Crippen molar-refractivity contribution in [2.45, 2.75) is 19.4 Å². The maximum atomic E-state index is 8.94. The van der Waals surface area contributed by atoms with E-state index in [0.29, 0.717) is 12.6 Å². The number of anilines is 2. The van der Waals surface area contributed by atoms with Crippen molar-refractivity contribution in [2.75, 3.05) is 30.4 Å². The number of hydrogen-bond acceptors (Lipinski definition) is 4. The van der Waals surface area contributed by atoms with Gasteiger partial charge in [0.25, 0.3) is 0 Å². The Morgan fingerprint density at radius 3 is 2.60 bits per heavy atom. The lowest BCUT2D eigenvalue weighted by atomic mass is 10.1. The molecule has 0 spiro atoms. The van der Waals surface area contributed by atoms with E-state index in [4.69, 9.17) is 5.11 Å². The first-order valence-corrected chi connectivity index (χ1v) is 7.83. The highest BCUT2D eigenvalue weighted by atomic mass is 32.1. The molecule has 0 fully saturated rings. The number of thiophene rings is 1. The van der Waals surface area contributed by atoms with Crippen LogP contribution in [0.2, 0.25) is 0 Å². The third-order valence-electron chi connectivity index (χ3n) is 3.28. The average molecular weight is 290 g/mol. The van der Waals surface area contributed by atoms with E-state index in [0.717, 1.165) is 17.8 Å². The van der Waals surface area contributed by atoms with Gasteiger partial charge in [-0.05, 0) is 60.0 Å². The molecular weight excluding hydrogens is 268 g/mol. The van der Waals surface area contributed by atoms with Gasteiger partial charge in [0.2, 0.25) is 0 Å². The van der Waals surface area contributed by atoms with Gasteiger partial charge in [-0.25, -0.2) is 0 Å². The summed E-state index contributed by atoms with van der Waals surface area (Å²) in [5, 5.41) is 16.8. The minimum absolute atomic E-state index is 0.175. The van der Waals surface area contributed by atoms with Crippen molar-refractivity contribution in [3.8, 4) is 0 Å². The van der Waals surface area contributed by atoms with Gasteiger partial charge in [-0.1, -0.05) is 0 Å². The first kappa shape index (κ1) is 14.9. The monoisotopic (exact) mass is 290 g/mol. The van der Waals surface area contributed by atoms with E-state index >= 15 is 0 Å². The van der Waals surface area contributed by atoms with Crippen LogP contribution in [-0.2, 0) is 6.42 Å². The predicted octanol–water partition coefficient (Wildman–Crippen LogP) is 3.22. The Morgan fingerprint density at radius 2 is 2.00 bits per heavy atom. The van der Waals surface area contributed by atoms with E-state index in [1.54, 1.807) is 11.3 Å². The summed E-state index contributed by atoms with van der Waals surface area (Å²) < 4.78 is 0. The quantitative estimate of drug-likeness (QED) is 0.822. The molecule has 108 valence electrons. The van der Waals surface area contributed by atoms with E-state index in [1.165, 1.54) is 5.56 Å². The van der Waals surface area contributed by atoms with Crippen molar-refractivity contribution in [1.82, 2.24) is 0 Å². The Balaban J connectivity index is 1.89. The minimum Gasteiger partial charge on any atom is -0.395 e. The van der Waals surface area contributed by atoms with Gasteiger partial charge in [0, 0.05) is 31.0 Å². The highest BCUT2D eigenvalue weighted by Crippen LogP contribution is 2.18. The Bertz CT molecular complexity index is 496. The minimum atomic E-state index is 0.175. The van der Waals surface area contributed by atoms with E-state index in [-0.39, 0.29) is 6.61 Å². The summed E-state index contributed by atoms with van der Waals surface area (Å²) in [6.07, 6.45) is 1.04. The van der Waals surface area contributed by atoms with E-state index in [2.05, 4.69) is 53.3 Å². The molecule has 4 heteroatoms. The molecule has 0 amide bonds. The molecule has 1 atom stereocenters. The van der Waals surface area contributed by atoms with Crippen molar-refractivity contribution < 1.29 is 5.11 Å². The fourth-order valence-corrected chi connectivity index (χ4v) is 2.87. The number of aliphatic hydroxyl groups is 1. The Kier molecular flexibility index (Phi) is 5.44. The summed E-state index contributed by atoms with van der Waals surface area (Å²) in [5.41, 5.74) is 3.64. The van der Waals surface area contributed by atoms with Gasteiger partial charge in [-0.2, -0.15) is 11.3 Å². The normalized spacial score (nSPS) is 12.2. The van der Waals surface area contributed by atoms with Gasteiger partial charge in [-0.3, -0.25) is 0 Å². The molecule has 0 radical (unpaired) electrons. The SMILES string of the molecule is CC(Cc1ccsc1)Nc1ccc(N(C)CCO)cc1. The second-order valence-electron chi connectivity index (χ2n) is 5.07. The molecular formula is C16H22N2OS. The lowest BCUT2D eigenvalue weighted by Crippen LogP contribution is -2.21. The Morgan fingerprint density at radius 1 is 1.25 bits per heavy atom. The van der Waals surface area contributed by atoms with Crippen molar-refractivity contribution in [3.63, 3.8) is 0 Å². The van der Waals surface area contributed by atoms with Crippen LogP contribution in [0.3, 0.4) is 0 Å². The van der Waals surface area contributed by atoms with Crippen LogP contribution in [0.4, 0.5) is 11.4 Å². The average Bonchev–Trinajstić information content (AvgIpc) is 2.92. The first-order valence-electron chi connectivity index (χ1n) is 6.88. The lowest BCUT2D eigenvalue weighted by molar-refractivity contribution is 0.304. The predicted molar refractivity (Wildman–Crippen MR) is 87.9 cm³/mol. The van der Waals surface area contributed by atoms with Gasteiger partial charge in [0.15, 0.2) is 0 Å². The third-order valence-corrected chi connectivity index (χ3v) is 4.01. The van der Waals surface area contributed by atoms with Crippen LogP contribution >= 0.6 is 11.3 Å². The maximum absolute atomic E-state index is 8.94. The highest BCUT2D eigenvalue weighted by molar-refractivity contribution is 7.07. The number of benzene rings is 1. The molecule has 3 nitrogen and oxygen atoms in total. The Labute approximate surface area is 124 Å². The lowest BCUT2D eigenvalue weighted by Gasteiger charge is -2.19. The van der Waals surface area contributed by atoms with Gasteiger partial charge >= 0.3 is 0 Å². The second kappa shape index (κ2) is 7.31. The zero-order valence-electron chi connectivity index (χ0n) is 12.0. The second-order valence-corrected chi connectivity index (χ2v) is 5.85. The number of hydrogen-bond donors (Lipinski definition) is 2. The summed E-state index contributed by atoms with van der Waals surface area (Å²) in [6, 6.07) is 10.9. The zero-order valence-corrected chi connectivity index (χ0v) is 12.9. The molecule has 2 aromatic rings. The highest BCUT2D eigenvalue weighted by Gasteiger charge is 2.05. The number of likely N-dealkylation sites (N-methyl/N-ethyl adjacent to an activating group) is 1. The maximum Gasteiger partial charge on any atom is 0.0606 e. The fraction of sp³-hybridized carbons (Fsp3) is 0.375. The Hall–Kier alpha value is -1.52. The van der Waals surface area contributed by atoms with Crippen LogP contribution in [0.5, 0.6) is 0 Å². The van der Waals surface area contributed by atoms with Crippen LogP contribution in [0, 0.1) is 0 Å².